The van der Waals surface area contributed by atoms with E-state index >= 15 is 0 Å². The van der Waals surface area contributed by atoms with Crippen LogP contribution in [0.25, 0.3) is 22.6 Å². The Labute approximate surface area is 198 Å². The summed E-state index contributed by atoms with van der Waals surface area (Å²) in [6.07, 6.45) is -2.08. The van der Waals surface area contributed by atoms with Crippen LogP contribution < -0.4 is 0 Å². The molecule has 176 valence electrons. The zero-order valence-corrected chi connectivity index (χ0v) is 19.4. The van der Waals surface area contributed by atoms with E-state index in [-0.39, 0.29) is 6.42 Å². The smallest absolute Gasteiger partial charge is 0.416 e. The number of carbonyl (C=O) groups is 1. The SMILES string of the molecule is Cc1cc(SCc2ccnc3c2nc(-c2ccc(C(F)(F)F)cc2)n3C)ccc1CCC(=O)O. The average Bonchev–Trinajstić information content (AvgIpc) is 3.13. The van der Waals surface area contributed by atoms with Gasteiger partial charge in [-0.15, -0.1) is 11.8 Å². The van der Waals surface area contributed by atoms with Gasteiger partial charge in [0.15, 0.2) is 5.65 Å². The number of aryl methyl sites for hydroxylation is 3. The molecular formula is C25H22F3N3O2S. The van der Waals surface area contributed by atoms with Crippen LogP contribution in [-0.2, 0) is 30.2 Å². The quantitative estimate of drug-likeness (QED) is 0.313. The highest BCUT2D eigenvalue weighted by Crippen LogP contribution is 2.33. The molecule has 0 spiro atoms. The minimum atomic E-state index is -4.39. The zero-order chi connectivity index (χ0) is 24.5. The molecule has 0 aliphatic rings. The molecule has 0 saturated heterocycles. The van der Waals surface area contributed by atoms with E-state index in [1.165, 1.54) is 12.1 Å². The molecule has 0 unspecified atom stereocenters. The lowest BCUT2D eigenvalue weighted by Gasteiger charge is -2.08. The van der Waals surface area contributed by atoms with Crippen LogP contribution in [0, 0.1) is 6.92 Å². The minimum Gasteiger partial charge on any atom is -0.481 e. The highest BCUT2D eigenvalue weighted by molar-refractivity contribution is 7.98. The standard InChI is InChI=1S/C25H22F3N3O2S/c1-15-13-20(9-5-16(15)6-10-21(32)33)34-14-18-11-12-29-24-22(18)30-23(31(24)2)17-3-7-19(8-4-17)25(26,27)28/h3-5,7-9,11-13H,6,10,14H2,1-2H3,(H,32,33). The summed E-state index contributed by atoms with van der Waals surface area (Å²) in [4.78, 5) is 21.0. The van der Waals surface area contributed by atoms with Gasteiger partial charge in [-0.05, 0) is 60.4 Å². The summed E-state index contributed by atoms with van der Waals surface area (Å²) in [6.45, 7) is 1.97. The maximum absolute atomic E-state index is 12.9. The van der Waals surface area contributed by atoms with Crippen molar-refractivity contribution in [1.29, 1.82) is 0 Å². The van der Waals surface area contributed by atoms with Gasteiger partial charge < -0.3 is 9.67 Å². The van der Waals surface area contributed by atoms with E-state index in [1.54, 1.807) is 29.6 Å². The summed E-state index contributed by atoms with van der Waals surface area (Å²) >= 11 is 1.63. The molecule has 0 saturated carbocycles. The third-order valence-electron chi connectivity index (χ3n) is 5.63. The Morgan fingerprint density at radius 1 is 1.09 bits per heavy atom. The first-order chi connectivity index (χ1) is 16.1. The predicted octanol–water partition coefficient (Wildman–Crippen LogP) is 6.27. The second-order valence-electron chi connectivity index (χ2n) is 7.98. The summed E-state index contributed by atoms with van der Waals surface area (Å²) in [5.41, 5.74) is 4.29. The maximum Gasteiger partial charge on any atom is 0.416 e. The van der Waals surface area contributed by atoms with Gasteiger partial charge in [-0.25, -0.2) is 9.97 Å². The van der Waals surface area contributed by atoms with Crippen molar-refractivity contribution in [2.75, 3.05) is 0 Å². The minimum absolute atomic E-state index is 0.100. The number of halogens is 3. The third kappa shape index (κ3) is 5.09. The van der Waals surface area contributed by atoms with Gasteiger partial charge in [0.25, 0.3) is 0 Å². The fourth-order valence-corrected chi connectivity index (χ4v) is 4.73. The molecule has 0 bridgehead atoms. The van der Waals surface area contributed by atoms with Gasteiger partial charge in [-0.1, -0.05) is 18.2 Å². The van der Waals surface area contributed by atoms with Crippen molar-refractivity contribution in [3.05, 3.63) is 77.0 Å². The van der Waals surface area contributed by atoms with E-state index in [9.17, 15) is 18.0 Å². The van der Waals surface area contributed by atoms with Crippen LogP contribution in [0.4, 0.5) is 13.2 Å². The van der Waals surface area contributed by atoms with Crippen LogP contribution >= 0.6 is 11.8 Å². The van der Waals surface area contributed by atoms with Gasteiger partial charge in [0, 0.05) is 35.9 Å². The highest BCUT2D eigenvalue weighted by Gasteiger charge is 2.30. The molecule has 1 N–H and O–H groups in total. The Balaban J connectivity index is 1.56. The van der Waals surface area contributed by atoms with Crippen molar-refractivity contribution in [2.24, 2.45) is 7.05 Å². The lowest BCUT2D eigenvalue weighted by atomic mass is 10.0. The van der Waals surface area contributed by atoms with Crippen LogP contribution in [-0.4, -0.2) is 25.6 Å². The number of carboxylic acid groups (broad SMARTS) is 1. The van der Waals surface area contributed by atoms with Crippen LogP contribution in [0.1, 0.15) is 28.7 Å². The second-order valence-corrected chi connectivity index (χ2v) is 9.03. The van der Waals surface area contributed by atoms with E-state index in [0.717, 1.165) is 33.7 Å². The Bertz CT molecular complexity index is 1350. The zero-order valence-electron chi connectivity index (χ0n) is 18.6. The number of aliphatic carboxylic acids is 1. The summed E-state index contributed by atoms with van der Waals surface area (Å²) in [7, 11) is 1.80. The van der Waals surface area contributed by atoms with Crippen molar-refractivity contribution in [3.8, 4) is 11.4 Å². The average molecular weight is 486 g/mol. The van der Waals surface area contributed by atoms with E-state index in [2.05, 4.69) is 4.98 Å². The lowest BCUT2D eigenvalue weighted by Crippen LogP contribution is -2.04. The molecule has 0 radical (unpaired) electrons. The molecule has 0 fully saturated rings. The monoisotopic (exact) mass is 485 g/mol. The largest absolute Gasteiger partial charge is 0.481 e. The van der Waals surface area contributed by atoms with Gasteiger partial charge in [0.1, 0.15) is 11.3 Å². The number of hydrogen-bond acceptors (Lipinski definition) is 4. The number of rotatable bonds is 7. The number of thioether (sulfide) groups is 1. The molecule has 0 amide bonds. The maximum atomic E-state index is 12.9. The molecule has 0 aliphatic heterocycles. The van der Waals surface area contributed by atoms with Crippen LogP contribution in [0.5, 0.6) is 0 Å². The fraction of sp³-hybridized carbons (Fsp3) is 0.240. The molecule has 9 heteroatoms. The summed E-state index contributed by atoms with van der Waals surface area (Å²) in [6, 6.07) is 12.9. The number of imidazole rings is 1. The van der Waals surface area contributed by atoms with Gasteiger partial charge in [-0.3, -0.25) is 4.79 Å². The molecule has 34 heavy (non-hydrogen) atoms. The number of hydrogen-bond donors (Lipinski definition) is 1. The Morgan fingerprint density at radius 3 is 2.47 bits per heavy atom. The van der Waals surface area contributed by atoms with Crippen LogP contribution in [0.15, 0.2) is 59.6 Å². The number of fused-ring (bicyclic) bond motifs is 1. The topological polar surface area (TPSA) is 68.0 Å². The summed E-state index contributed by atoms with van der Waals surface area (Å²) in [5.74, 6) is 0.369. The van der Waals surface area contributed by atoms with E-state index in [0.29, 0.717) is 34.7 Å². The molecule has 0 aliphatic carbocycles. The number of carboxylic acids is 1. The van der Waals surface area contributed by atoms with Gasteiger partial charge in [-0.2, -0.15) is 13.2 Å². The first-order valence-electron chi connectivity index (χ1n) is 10.6. The lowest BCUT2D eigenvalue weighted by molar-refractivity contribution is -0.138. The van der Waals surface area contributed by atoms with E-state index in [1.807, 2.05) is 31.2 Å². The van der Waals surface area contributed by atoms with Crippen molar-refractivity contribution >= 4 is 28.9 Å². The van der Waals surface area contributed by atoms with Crippen molar-refractivity contribution in [1.82, 2.24) is 14.5 Å². The number of aromatic nitrogens is 3. The first kappa shape index (κ1) is 23.8. The molecule has 5 nitrogen and oxygen atoms in total. The number of nitrogens with zero attached hydrogens (tertiary/aromatic N) is 3. The van der Waals surface area contributed by atoms with Gasteiger partial charge >= 0.3 is 12.1 Å². The number of alkyl halides is 3. The van der Waals surface area contributed by atoms with Crippen LogP contribution in [0.2, 0.25) is 0 Å². The normalized spacial score (nSPS) is 11.8. The van der Waals surface area contributed by atoms with E-state index in [4.69, 9.17) is 10.1 Å². The number of pyridine rings is 1. The summed E-state index contributed by atoms with van der Waals surface area (Å²) < 4.78 is 40.5. The molecule has 4 rings (SSSR count). The Kier molecular flexibility index (Phi) is 6.65. The fourth-order valence-electron chi connectivity index (χ4n) is 3.75. The van der Waals surface area contributed by atoms with E-state index < -0.39 is 17.7 Å². The van der Waals surface area contributed by atoms with Crippen LogP contribution in [0.3, 0.4) is 0 Å². The molecular weight excluding hydrogens is 463 g/mol. The van der Waals surface area contributed by atoms with Gasteiger partial charge in [0.2, 0.25) is 0 Å². The Morgan fingerprint density at radius 2 is 1.82 bits per heavy atom. The molecule has 4 aromatic rings. The van der Waals surface area contributed by atoms with Gasteiger partial charge in [0.05, 0.1) is 5.56 Å². The Hall–Kier alpha value is -3.33. The molecule has 2 heterocycles. The van der Waals surface area contributed by atoms with Crippen molar-refractivity contribution < 1.29 is 23.1 Å². The van der Waals surface area contributed by atoms with Crippen molar-refractivity contribution in [3.63, 3.8) is 0 Å². The molecule has 0 atom stereocenters. The number of benzene rings is 2. The second kappa shape index (κ2) is 9.50. The summed E-state index contributed by atoms with van der Waals surface area (Å²) in [5, 5.41) is 8.89. The van der Waals surface area contributed by atoms with Crippen molar-refractivity contribution in [2.45, 2.75) is 36.6 Å². The third-order valence-corrected chi connectivity index (χ3v) is 6.67. The molecule has 2 aromatic heterocycles. The first-order valence-corrected chi connectivity index (χ1v) is 11.5. The predicted molar refractivity (Wildman–Crippen MR) is 126 cm³/mol. The molecule has 2 aromatic carbocycles. The highest BCUT2D eigenvalue weighted by atomic mass is 32.2.